The highest BCUT2D eigenvalue weighted by atomic mass is 16.5. The number of nitrogens with two attached hydrogens (primary N) is 1. The number of nitrogen functional groups attached to an aromatic ring is 1. The Morgan fingerprint density at radius 2 is 1.61 bits per heavy atom. The van der Waals surface area contributed by atoms with E-state index >= 15 is 0 Å². The first-order chi connectivity index (χ1) is 15.7. The predicted octanol–water partition coefficient (Wildman–Crippen LogP) is 3.29. The summed E-state index contributed by atoms with van der Waals surface area (Å²) in [5.74, 6) is -1.82. The number of hydrogen-bond donors (Lipinski definition) is 3. The number of benzene rings is 2. The van der Waals surface area contributed by atoms with E-state index in [0.717, 1.165) is 24.1 Å². The maximum atomic E-state index is 12.7. The van der Waals surface area contributed by atoms with Crippen molar-refractivity contribution in [3.63, 3.8) is 0 Å². The molecule has 0 saturated heterocycles. The van der Waals surface area contributed by atoms with Crippen molar-refractivity contribution in [2.45, 2.75) is 6.42 Å². The molecule has 33 heavy (non-hydrogen) atoms. The zero-order chi connectivity index (χ0) is 24.4. The van der Waals surface area contributed by atoms with E-state index in [-0.39, 0.29) is 11.5 Å². The van der Waals surface area contributed by atoms with Crippen LogP contribution in [0, 0.1) is 0 Å². The smallest absolute Gasteiger partial charge is 0.328 e. The summed E-state index contributed by atoms with van der Waals surface area (Å²) in [6, 6.07) is 14.4. The highest BCUT2D eigenvalue weighted by Crippen LogP contribution is 2.30. The normalized spacial score (nSPS) is 10.8. The molecule has 1 heterocycles. The summed E-state index contributed by atoms with van der Waals surface area (Å²) < 4.78 is 11.3. The Morgan fingerprint density at radius 3 is 2.15 bits per heavy atom. The molecule has 174 valence electrons. The second kappa shape index (κ2) is 12.1. The number of anilines is 1. The van der Waals surface area contributed by atoms with Gasteiger partial charge >= 0.3 is 11.9 Å². The minimum atomic E-state index is -1.26. The van der Waals surface area contributed by atoms with E-state index in [1.165, 1.54) is 0 Å². The van der Waals surface area contributed by atoms with Crippen molar-refractivity contribution in [1.29, 1.82) is 0 Å². The number of carbonyl (C=O) groups is 3. The SMILES string of the molecule is CN(C)CCCOc1ccc(C(=O)c2oc3ccccc3c2N)cc1.O=C(O)/C=C\C(=O)O. The lowest BCUT2D eigenvalue weighted by Crippen LogP contribution is -2.15. The van der Waals surface area contributed by atoms with Crippen molar-refractivity contribution in [3.8, 4) is 5.75 Å². The van der Waals surface area contributed by atoms with E-state index in [1.807, 2.05) is 32.3 Å². The van der Waals surface area contributed by atoms with Gasteiger partial charge in [-0.1, -0.05) is 12.1 Å². The summed E-state index contributed by atoms with van der Waals surface area (Å²) in [5, 5.41) is 16.4. The third-order valence-corrected chi connectivity index (χ3v) is 4.34. The summed E-state index contributed by atoms with van der Waals surface area (Å²) in [4.78, 5) is 33.9. The topological polar surface area (TPSA) is 143 Å². The number of carboxylic acids is 2. The number of para-hydroxylation sites is 1. The molecule has 0 saturated carbocycles. The average Bonchev–Trinajstić information content (AvgIpc) is 3.12. The van der Waals surface area contributed by atoms with Crippen LogP contribution in [-0.2, 0) is 9.59 Å². The molecule has 0 unspecified atom stereocenters. The van der Waals surface area contributed by atoms with E-state index in [0.29, 0.717) is 35.6 Å². The number of ketones is 1. The fourth-order valence-electron chi connectivity index (χ4n) is 2.78. The second-order valence-electron chi connectivity index (χ2n) is 7.21. The molecular formula is C24H26N2O7. The summed E-state index contributed by atoms with van der Waals surface area (Å²) in [7, 11) is 4.06. The Hall–Kier alpha value is -4.11. The van der Waals surface area contributed by atoms with E-state index in [1.54, 1.807) is 30.3 Å². The van der Waals surface area contributed by atoms with Crippen LogP contribution in [0.5, 0.6) is 5.75 Å². The van der Waals surface area contributed by atoms with Gasteiger partial charge in [-0.3, -0.25) is 4.79 Å². The van der Waals surface area contributed by atoms with Gasteiger partial charge in [0.05, 0.1) is 12.3 Å². The number of nitrogens with zero attached hydrogens (tertiary/aromatic N) is 1. The maximum Gasteiger partial charge on any atom is 0.328 e. The van der Waals surface area contributed by atoms with Crippen LogP contribution in [0.3, 0.4) is 0 Å². The zero-order valence-corrected chi connectivity index (χ0v) is 18.4. The molecule has 3 rings (SSSR count). The first-order valence-corrected chi connectivity index (χ1v) is 10.0. The summed E-state index contributed by atoms with van der Waals surface area (Å²) in [6.07, 6.45) is 2.06. The predicted molar refractivity (Wildman–Crippen MR) is 124 cm³/mol. The Morgan fingerprint density at radius 1 is 1.00 bits per heavy atom. The molecule has 0 aliphatic heterocycles. The average molecular weight is 454 g/mol. The Bertz CT molecular complexity index is 1120. The van der Waals surface area contributed by atoms with Crippen molar-refractivity contribution in [2.75, 3.05) is 33.0 Å². The van der Waals surface area contributed by atoms with Gasteiger partial charge in [-0.2, -0.15) is 0 Å². The van der Waals surface area contributed by atoms with Crippen LogP contribution in [0.1, 0.15) is 22.5 Å². The van der Waals surface area contributed by atoms with Gasteiger partial charge in [0.1, 0.15) is 11.3 Å². The van der Waals surface area contributed by atoms with Crippen molar-refractivity contribution in [3.05, 3.63) is 72.0 Å². The quantitative estimate of drug-likeness (QED) is 0.252. The minimum absolute atomic E-state index is 0.181. The number of hydrogen-bond acceptors (Lipinski definition) is 7. The number of fused-ring (bicyclic) bond motifs is 1. The number of carboxylic acid groups (broad SMARTS) is 2. The summed E-state index contributed by atoms with van der Waals surface area (Å²) in [6.45, 7) is 1.61. The summed E-state index contributed by atoms with van der Waals surface area (Å²) in [5.41, 5.74) is 7.58. The van der Waals surface area contributed by atoms with Crippen LogP contribution in [-0.4, -0.2) is 60.1 Å². The standard InChI is InChI=1S/C20H22N2O3.C4H4O4/c1-22(2)12-5-13-24-15-10-8-14(9-11-15)19(23)20-18(21)16-6-3-4-7-17(16)25-20;5-3(6)1-2-4(7)8/h3-4,6-11H,5,12-13,21H2,1-2H3;1-2H,(H,5,6)(H,7,8)/b;2-1-. The van der Waals surface area contributed by atoms with E-state index < -0.39 is 11.9 Å². The number of furan rings is 1. The van der Waals surface area contributed by atoms with Gasteiger partial charge < -0.3 is 30.0 Å². The second-order valence-corrected chi connectivity index (χ2v) is 7.21. The third kappa shape index (κ3) is 7.82. The van der Waals surface area contributed by atoms with Crippen molar-refractivity contribution in [2.24, 2.45) is 0 Å². The number of rotatable bonds is 9. The van der Waals surface area contributed by atoms with Crippen LogP contribution in [0.25, 0.3) is 11.0 Å². The molecule has 0 spiro atoms. The zero-order valence-electron chi connectivity index (χ0n) is 18.4. The lowest BCUT2D eigenvalue weighted by atomic mass is 10.1. The molecule has 0 bridgehead atoms. The lowest BCUT2D eigenvalue weighted by molar-refractivity contribution is -0.134. The first-order valence-electron chi connectivity index (χ1n) is 10.0. The molecule has 2 aromatic carbocycles. The van der Waals surface area contributed by atoms with Gasteiger partial charge in [-0.05, 0) is 56.9 Å². The van der Waals surface area contributed by atoms with Gasteiger partial charge in [0.25, 0.3) is 0 Å². The number of aliphatic carboxylic acids is 2. The third-order valence-electron chi connectivity index (χ3n) is 4.34. The van der Waals surface area contributed by atoms with Crippen molar-refractivity contribution in [1.82, 2.24) is 4.90 Å². The highest BCUT2D eigenvalue weighted by Gasteiger charge is 2.19. The Labute approximate surface area is 190 Å². The van der Waals surface area contributed by atoms with Crippen LogP contribution in [0.15, 0.2) is 65.1 Å². The van der Waals surface area contributed by atoms with Crippen LogP contribution in [0.2, 0.25) is 0 Å². The highest BCUT2D eigenvalue weighted by molar-refractivity contribution is 6.14. The van der Waals surface area contributed by atoms with Gasteiger partial charge in [-0.15, -0.1) is 0 Å². The van der Waals surface area contributed by atoms with Crippen molar-refractivity contribution >= 4 is 34.4 Å². The fourth-order valence-corrected chi connectivity index (χ4v) is 2.78. The lowest BCUT2D eigenvalue weighted by Gasteiger charge is -2.10. The molecule has 9 nitrogen and oxygen atoms in total. The molecule has 0 atom stereocenters. The molecule has 3 aromatic rings. The minimum Gasteiger partial charge on any atom is -0.494 e. The van der Waals surface area contributed by atoms with Crippen molar-refractivity contribution < 1.29 is 33.8 Å². The maximum absolute atomic E-state index is 12.7. The Balaban J connectivity index is 0.000000414. The van der Waals surface area contributed by atoms with Gasteiger partial charge in [-0.25, -0.2) is 9.59 Å². The monoisotopic (exact) mass is 454 g/mol. The van der Waals surface area contributed by atoms with Gasteiger partial charge in [0.2, 0.25) is 5.78 Å². The molecule has 0 aliphatic rings. The van der Waals surface area contributed by atoms with Crippen LogP contribution in [0.4, 0.5) is 5.69 Å². The van der Waals surface area contributed by atoms with Gasteiger partial charge in [0, 0.05) is 29.6 Å². The molecule has 4 N–H and O–H groups in total. The number of carbonyl (C=O) groups excluding carboxylic acids is 1. The molecule has 9 heteroatoms. The van der Waals surface area contributed by atoms with Crippen LogP contribution >= 0.6 is 0 Å². The molecule has 0 radical (unpaired) electrons. The van der Waals surface area contributed by atoms with E-state index in [9.17, 15) is 14.4 Å². The summed E-state index contributed by atoms with van der Waals surface area (Å²) >= 11 is 0. The van der Waals surface area contributed by atoms with E-state index in [2.05, 4.69) is 4.90 Å². The fraction of sp³-hybridized carbons (Fsp3) is 0.208. The first kappa shape index (κ1) is 25.2. The molecule has 0 amide bonds. The largest absolute Gasteiger partial charge is 0.494 e. The van der Waals surface area contributed by atoms with Crippen LogP contribution < -0.4 is 10.5 Å². The van der Waals surface area contributed by atoms with Gasteiger partial charge in [0.15, 0.2) is 5.76 Å². The molecule has 1 aromatic heterocycles. The molecule has 0 aliphatic carbocycles. The number of ether oxygens (including phenoxy) is 1. The van der Waals surface area contributed by atoms with E-state index in [4.69, 9.17) is 25.1 Å². The Kier molecular flexibility index (Phi) is 9.19. The molecule has 0 fully saturated rings. The molecular weight excluding hydrogens is 428 g/mol.